The van der Waals surface area contributed by atoms with Crippen LogP contribution in [0.4, 0.5) is 15.9 Å². The summed E-state index contributed by atoms with van der Waals surface area (Å²) in [6.45, 7) is 8.87. The molecule has 0 bridgehead atoms. The zero-order valence-corrected chi connectivity index (χ0v) is 25.2. The van der Waals surface area contributed by atoms with E-state index in [0.29, 0.717) is 70.5 Å². The number of thiocarbonyl (C=S) groups is 1. The number of thioether (sulfide) groups is 1. The van der Waals surface area contributed by atoms with Gasteiger partial charge in [-0.25, -0.2) is 4.39 Å². The highest BCUT2D eigenvalue weighted by atomic mass is 32.2. The van der Waals surface area contributed by atoms with Crippen LogP contribution in [0.25, 0.3) is 6.08 Å². The Morgan fingerprint density at radius 3 is 2.45 bits per heavy atom. The van der Waals surface area contributed by atoms with Crippen LogP contribution in [0.1, 0.15) is 56.2 Å². The molecule has 1 amide bonds. The van der Waals surface area contributed by atoms with Crippen molar-refractivity contribution >= 4 is 51.8 Å². The first kappa shape index (κ1) is 29.8. The van der Waals surface area contributed by atoms with Crippen molar-refractivity contribution in [2.24, 2.45) is 13.0 Å². The average molecular weight is 582 g/mol. The Balaban J connectivity index is 1.67. The number of anilines is 2. The molecule has 3 heterocycles. The van der Waals surface area contributed by atoms with Gasteiger partial charge in [0.1, 0.15) is 27.6 Å². The minimum atomic E-state index is -0.377. The van der Waals surface area contributed by atoms with Gasteiger partial charge in [0.05, 0.1) is 10.6 Å². The molecule has 2 fully saturated rings. The first-order chi connectivity index (χ1) is 19.2. The van der Waals surface area contributed by atoms with Crippen LogP contribution in [0, 0.1) is 30.0 Å². The molecule has 10 heteroatoms. The van der Waals surface area contributed by atoms with Gasteiger partial charge in [0.2, 0.25) is 0 Å². The summed E-state index contributed by atoms with van der Waals surface area (Å²) in [6.07, 6.45) is 6.05. The summed E-state index contributed by atoms with van der Waals surface area (Å²) in [5.74, 6) is 0.634. The lowest BCUT2D eigenvalue weighted by Gasteiger charge is -2.38. The largest absolute Gasteiger partial charge is 0.366 e. The van der Waals surface area contributed by atoms with Gasteiger partial charge in [0, 0.05) is 45.3 Å². The lowest BCUT2D eigenvalue weighted by atomic mass is 9.99. The maximum atomic E-state index is 14.4. The molecule has 0 saturated carbocycles. The Morgan fingerprint density at radius 1 is 1.15 bits per heavy atom. The van der Waals surface area contributed by atoms with Crippen molar-refractivity contribution in [2.75, 3.05) is 42.5 Å². The van der Waals surface area contributed by atoms with E-state index < -0.39 is 0 Å². The number of unbranched alkanes of at least 4 members (excludes halogenated alkanes) is 1. The van der Waals surface area contributed by atoms with Gasteiger partial charge in [0.25, 0.3) is 11.5 Å². The molecule has 212 valence electrons. The Labute approximate surface area is 245 Å². The van der Waals surface area contributed by atoms with Crippen molar-refractivity contribution in [1.82, 2.24) is 9.47 Å². The number of piperazine rings is 1. The third-order valence-electron chi connectivity index (χ3n) is 7.87. The second kappa shape index (κ2) is 13.0. The third-order valence-corrected chi connectivity index (χ3v) is 9.25. The van der Waals surface area contributed by atoms with E-state index in [1.165, 1.54) is 22.4 Å². The lowest BCUT2D eigenvalue weighted by Crippen LogP contribution is -2.48. The molecule has 2 aromatic rings. The molecule has 1 aromatic heterocycles. The van der Waals surface area contributed by atoms with Crippen molar-refractivity contribution in [1.29, 1.82) is 5.26 Å². The van der Waals surface area contributed by atoms with Gasteiger partial charge in [0.15, 0.2) is 0 Å². The highest BCUT2D eigenvalue weighted by Crippen LogP contribution is 2.37. The molecule has 0 spiro atoms. The molecular formula is C30H36FN5O2S2. The fraction of sp³-hybridized carbons (Fsp3) is 0.467. The number of carbonyl (C=O) groups is 1. The van der Waals surface area contributed by atoms with Crippen LogP contribution >= 0.6 is 24.0 Å². The molecule has 0 N–H and O–H groups in total. The molecule has 1 unspecified atom stereocenters. The molecule has 2 aliphatic rings. The Kier molecular flexibility index (Phi) is 9.69. The van der Waals surface area contributed by atoms with Crippen molar-refractivity contribution in [2.45, 2.75) is 46.5 Å². The van der Waals surface area contributed by atoms with Gasteiger partial charge in [-0.3, -0.25) is 19.1 Å². The van der Waals surface area contributed by atoms with Crippen LogP contribution in [0.3, 0.4) is 0 Å². The van der Waals surface area contributed by atoms with E-state index in [2.05, 4.69) is 24.8 Å². The standard InChI is InChI=1S/C30H36FN5O2S2/c1-5-7-10-21(6-2)19-36-29(38)26(40-30(36)39)17-22-20(3)23(18-32)28(37)33(4)27(22)35-15-13-34(14-16-35)25-12-9-8-11-24(25)31/h8-9,11-12,17,21H,5-7,10,13-16,19H2,1-4H3/b26-17-. The van der Waals surface area contributed by atoms with Crippen molar-refractivity contribution in [3.8, 4) is 6.07 Å². The Bertz CT molecular complexity index is 1420. The van der Waals surface area contributed by atoms with Gasteiger partial charge in [-0.15, -0.1) is 0 Å². The molecule has 7 nitrogen and oxygen atoms in total. The Morgan fingerprint density at radius 2 is 1.82 bits per heavy atom. The van der Waals surface area contributed by atoms with Crippen LogP contribution in [0.15, 0.2) is 34.0 Å². The molecular weight excluding hydrogens is 545 g/mol. The van der Waals surface area contributed by atoms with Gasteiger partial charge >= 0.3 is 0 Å². The molecule has 1 atom stereocenters. The van der Waals surface area contributed by atoms with E-state index in [1.54, 1.807) is 37.1 Å². The van der Waals surface area contributed by atoms with Crippen molar-refractivity contribution in [3.05, 3.63) is 62.0 Å². The highest BCUT2D eigenvalue weighted by molar-refractivity contribution is 8.26. The fourth-order valence-corrected chi connectivity index (χ4v) is 6.68. The summed E-state index contributed by atoms with van der Waals surface area (Å²) >= 11 is 6.89. The minimum Gasteiger partial charge on any atom is -0.366 e. The molecule has 2 saturated heterocycles. The number of aromatic nitrogens is 1. The average Bonchev–Trinajstić information content (AvgIpc) is 3.22. The zero-order chi connectivity index (χ0) is 29.0. The van der Waals surface area contributed by atoms with Crippen LogP contribution in [0.5, 0.6) is 0 Å². The first-order valence-electron chi connectivity index (χ1n) is 13.8. The maximum absolute atomic E-state index is 14.4. The fourth-order valence-electron chi connectivity index (χ4n) is 5.43. The maximum Gasteiger partial charge on any atom is 0.270 e. The van der Waals surface area contributed by atoms with Crippen molar-refractivity contribution in [3.63, 3.8) is 0 Å². The van der Waals surface area contributed by atoms with E-state index in [-0.39, 0.29) is 22.8 Å². The number of carbonyl (C=O) groups excluding carboxylic acids is 1. The predicted octanol–water partition coefficient (Wildman–Crippen LogP) is 5.45. The van der Waals surface area contributed by atoms with Gasteiger partial charge in [-0.05, 0) is 43.0 Å². The molecule has 40 heavy (non-hydrogen) atoms. The highest BCUT2D eigenvalue weighted by Gasteiger charge is 2.34. The number of nitriles is 1. The van der Waals surface area contributed by atoms with Crippen molar-refractivity contribution < 1.29 is 9.18 Å². The van der Waals surface area contributed by atoms with E-state index in [0.717, 1.165) is 25.7 Å². The first-order valence-corrected chi connectivity index (χ1v) is 15.1. The second-order valence-corrected chi connectivity index (χ2v) is 12.0. The Hall–Kier alpha value is -3.16. The monoisotopic (exact) mass is 581 g/mol. The topological polar surface area (TPSA) is 72.6 Å². The number of amides is 1. The van der Waals surface area contributed by atoms with E-state index in [4.69, 9.17) is 12.2 Å². The summed E-state index contributed by atoms with van der Waals surface area (Å²) in [5.41, 5.74) is 1.44. The van der Waals surface area contributed by atoms with Crippen LogP contribution in [0.2, 0.25) is 0 Å². The molecule has 1 aromatic carbocycles. The minimum absolute atomic E-state index is 0.0589. The summed E-state index contributed by atoms with van der Waals surface area (Å²) in [5, 5.41) is 9.79. The number of pyridine rings is 1. The third kappa shape index (κ3) is 5.96. The second-order valence-electron chi connectivity index (χ2n) is 10.3. The lowest BCUT2D eigenvalue weighted by molar-refractivity contribution is -0.122. The normalized spacial score (nSPS) is 17.6. The number of hydrogen-bond donors (Lipinski definition) is 0. The smallest absolute Gasteiger partial charge is 0.270 e. The summed E-state index contributed by atoms with van der Waals surface area (Å²) in [4.78, 5) is 33.0. The van der Waals surface area contributed by atoms with E-state index >= 15 is 0 Å². The quantitative estimate of drug-likeness (QED) is 0.288. The van der Waals surface area contributed by atoms with E-state index in [9.17, 15) is 19.2 Å². The number of nitrogens with zero attached hydrogens (tertiary/aromatic N) is 5. The zero-order valence-electron chi connectivity index (χ0n) is 23.6. The predicted molar refractivity (Wildman–Crippen MR) is 165 cm³/mol. The summed E-state index contributed by atoms with van der Waals surface area (Å²) in [7, 11) is 1.66. The van der Waals surface area contributed by atoms with Gasteiger partial charge < -0.3 is 9.80 Å². The summed E-state index contributed by atoms with van der Waals surface area (Å²) < 4.78 is 16.4. The van der Waals surface area contributed by atoms with Crippen LogP contribution in [-0.4, -0.2) is 52.4 Å². The summed E-state index contributed by atoms with van der Waals surface area (Å²) in [6, 6.07) is 8.77. The molecule has 0 radical (unpaired) electrons. The van der Waals surface area contributed by atoms with E-state index in [1.807, 2.05) is 11.0 Å². The molecule has 4 rings (SSSR count). The van der Waals surface area contributed by atoms with Gasteiger partial charge in [-0.1, -0.05) is 69.2 Å². The number of benzene rings is 1. The van der Waals surface area contributed by atoms with Gasteiger partial charge in [-0.2, -0.15) is 5.26 Å². The SMILES string of the molecule is CCCCC(CC)CN1C(=O)/C(=C/c2c(C)c(C#N)c(=O)n(C)c2N2CCN(c3ccccc3F)CC2)SC1=S. The van der Waals surface area contributed by atoms with Crippen LogP contribution in [-0.2, 0) is 11.8 Å². The van der Waals surface area contributed by atoms with Crippen LogP contribution < -0.4 is 15.4 Å². The number of hydrogen-bond acceptors (Lipinski definition) is 7. The molecule has 2 aliphatic heterocycles. The number of halogens is 1. The number of rotatable bonds is 9. The molecule has 0 aliphatic carbocycles. The number of para-hydroxylation sites is 1.